The molecule has 4 heteroatoms. The van der Waals surface area contributed by atoms with E-state index < -0.39 is 11.5 Å². The Bertz CT molecular complexity index is 384. The average molecular weight is 193 g/mol. The van der Waals surface area contributed by atoms with E-state index in [4.69, 9.17) is 15.9 Å². The summed E-state index contributed by atoms with van der Waals surface area (Å²) in [7, 11) is 0. The van der Waals surface area contributed by atoms with Gasteiger partial charge in [-0.2, -0.15) is 0 Å². The summed E-state index contributed by atoms with van der Waals surface area (Å²) in [5, 5.41) is 11.5. The Hall–Kier alpha value is -1.89. The normalized spacial score (nSPS) is 10.6. The standard InChI is InChI=1S/C10H11NO3/c1-4-10(2,3)11-8-6-5-7(14-8)9(12)13/h1,5-6,11H,2-3H3,(H,12,13). The van der Waals surface area contributed by atoms with Crippen molar-refractivity contribution in [2.24, 2.45) is 0 Å². The molecule has 0 aliphatic rings. The van der Waals surface area contributed by atoms with Crippen LogP contribution in [0.2, 0.25) is 0 Å². The van der Waals surface area contributed by atoms with E-state index in [1.807, 2.05) is 0 Å². The molecule has 0 unspecified atom stereocenters. The SMILES string of the molecule is C#CC(C)(C)Nc1ccc(C(=O)O)o1. The molecule has 1 rings (SSSR count). The highest BCUT2D eigenvalue weighted by Gasteiger charge is 2.16. The maximum absolute atomic E-state index is 10.5. The Morgan fingerprint density at radius 1 is 1.64 bits per heavy atom. The maximum atomic E-state index is 10.5. The van der Waals surface area contributed by atoms with Gasteiger partial charge in [-0.3, -0.25) is 0 Å². The van der Waals surface area contributed by atoms with Crippen molar-refractivity contribution in [1.29, 1.82) is 0 Å². The van der Waals surface area contributed by atoms with Gasteiger partial charge in [0.1, 0.15) is 0 Å². The summed E-state index contributed by atoms with van der Waals surface area (Å²) in [5.41, 5.74) is -0.562. The van der Waals surface area contributed by atoms with Gasteiger partial charge >= 0.3 is 5.97 Å². The van der Waals surface area contributed by atoms with Gasteiger partial charge in [0.15, 0.2) is 5.88 Å². The summed E-state index contributed by atoms with van der Waals surface area (Å²) in [4.78, 5) is 10.5. The quantitative estimate of drug-likeness (QED) is 0.718. The van der Waals surface area contributed by atoms with Crippen molar-refractivity contribution < 1.29 is 14.3 Å². The van der Waals surface area contributed by atoms with Crippen molar-refractivity contribution in [3.05, 3.63) is 17.9 Å². The van der Waals surface area contributed by atoms with Crippen LogP contribution in [0.3, 0.4) is 0 Å². The van der Waals surface area contributed by atoms with Crippen molar-refractivity contribution in [2.75, 3.05) is 5.32 Å². The second kappa shape index (κ2) is 3.46. The second-order valence-corrected chi connectivity index (χ2v) is 3.36. The van der Waals surface area contributed by atoms with Gasteiger partial charge in [-0.25, -0.2) is 4.79 Å². The van der Waals surface area contributed by atoms with Gasteiger partial charge in [-0.15, -0.1) is 6.42 Å². The first-order valence-corrected chi connectivity index (χ1v) is 4.04. The molecule has 0 spiro atoms. The smallest absolute Gasteiger partial charge is 0.371 e. The lowest BCUT2D eigenvalue weighted by Gasteiger charge is -2.18. The van der Waals surface area contributed by atoms with Crippen molar-refractivity contribution in [3.8, 4) is 12.3 Å². The average Bonchev–Trinajstić information content (AvgIpc) is 2.52. The third-order valence-electron chi connectivity index (χ3n) is 1.61. The van der Waals surface area contributed by atoms with Gasteiger partial charge < -0.3 is 14.8 Å². The summed E-state index contributed by atoms with van der Waals surface area (Å²) >= 11 is 0. The molecule has 0 saturated carbocycles. The third-order valence-corrected chi connectivity index (χ3v) is 1.61. The van der Waals surface area contributed by atoms with Crippen LogP contribution < -0.4 is 5.32 Å². The van der Waals surface area contributed by atoms with E-state index in [1.54, 1.807) is 13.8 Å². The van der Waals surface area contributed by atoms with E-state index in [-0.39, 0.29) is 5.76 Å². The lowest BCUT2D eigenvalue weighted by molar-refractivity contribution is 0.0663. The maximum Gasteiger partial charge on any atom is 0.371 e. The molecule has 2 N–H and O–H groups in total. The number of terminal acetylenes is 1. The van der Waals surface area contributed by atoms with Crippen LogP contribution in [0, 0.1) is 12.3 Å². The Balaban J connectivity index is 2.80. The molecule has 0 saturated heterocycles. The molecule has 0 atom stereocenters. The molecular formula is C10H11NO3. The van der Waals surface area contributed by atoms with E-state index >= 15 is 0 Å². The number of anilines is 1. The molecule has 0 fully saturated rings. The number of hydrogen-bond donors (Lipinski definition) is 2. The highest BCUT2D eigenvalue weighted by atomic mass is 16.4. The van der Waals surface area contributed by atoms with Crippen LogP contribution >= 0.6 is 0 Å². The van der Waals surface area contributed by atoms with Gasteiger partial charge in [-0.05, 0) is 19.9 Å². The van der Waals surface area contributed by atoms with Gasteiger partial charge in [0.2, 0.25) is 5.76 Å². The van der Waals surface area contributed by atoms with Crippen LogP contribution in [0.25, 0.3) is 0 Å². The zero-order chi connectivity index (χ0) is 10.8. The van der Waals surface area contributed by atoms with E-state index in [2.05, 4.69) is 11.2 Å². The molecule has 4 nitrogen and oxygen atoms in total. The van der Waals surface area contributed by atoms with Gasteiger partial charge in [0.25, 0.3) is 0 Å². The van der Waals surface area contributed by atoms with Crippen molar-refractivity contribution in [2.45, 2.75) is 19.4 Å². The fourth-order valence-electron chi connectivity index (χ4n) is 0.864. The number of carbonyl (C=O) groups is 1. The summed E-state index contributed by atoms with van der Waals surface area (Å²) in [6.07, 6.45) is 5.25. The van der Waals surface area contributed by atoms with Gasteiger partial charge in [0, 0.05) is 6.07 Å². The first-order valence-electron chi connectivity index (χ1n) is 4.04. The highest BCUT2D eigenvalue weighted by Crippen LogP contribution is 2.17. The molecule has 1 aromatic heterocycles. The molecule has 0 amide bonds. The summed E-state index contributed by atoms with van der Waals surface area (Å²) in [6.45, 7) is 3.58. The molecule has 1 heterocycles. The van der Waals surface area contributed by atoms with E-state index in [0.29, 0.717) is 5.88 Å². The van der Waals surface area contributed by atoms with Crippen LogP contribution in [0.5, 0.6) is 0 Å². The second-order valence-electron chi connectivity index (χ2n) is 3.36. The third kappa shape index (κ3) is 2.30. The van der Waals surface area contributed by atoms with Crippen LogP contribution in [0.4, 0.5) is 5.88 Å². The molecule has 0 aliphatic heterocycles. The lowest BCUT2D eigenvalue weighted by atomic mass is 10.1. The van der Waals surface area contributed by atoms with Crippen molar-refractivity contribution in [1.82, 2.24) is 0 Å². The number of furan rings is 1. The van der Waals surface area contributed by atoms with E-state index in [0.717, 1.165) is 0 Å². The summed E-state index contributed by atoms with van der Waals surface area (Å²) in [6, 6.07) is 2.90. The van der Waals surface area contributed by atoms with E-state index in [9.17, 15) is 4.79 Å². The molecule has 0 aromatic carbocycles. The molecule has 0 bridgehead atoms. The fourth-order valence-corrected chi connectivity index (χ4v) is 0.864. The summed E-state index contributed by atoms with van der Waals surface area (Å²) in [5.74, 6) is 1.65. The number of rotatable bonds is 3. The molecule has 0 aliphatic carbocycles. The zero-order valence-corrected chi connectivity index (χ0v) is 8.00. The summed E-state index contributed by atoms with van der Waals surface area (Å²) < 4.78 is 4.98. The zero-order valence-electron chi connectivity index (χ0n) is 8.00. The van der Waals surface area contributed by atoms with E-state index in [1.165, 1.54) is 12.1 Å². The lowest BCUT2D eigenvalue weighted by Crippen LogP contribution is -2.28. The fraction of sp³-hybridized carbons (Fsp3) is 0.300. The van der Waals surface area contributed by atoms with Crippen LogP contribution in [-0.4, -0.2) is 16.6 Å². The highest BCUT2D eigenvalue weighted by molar-refractivity contribution is 5.84. The molecular weight excluding hydrogens is 182 g/mol. The minimum atomic E-state index is -1.10. The van der Waals surface area contributed by atoms with Gasteiger partial charge in [-0.1, -0.05) is 5.92 Å². The predicted molar refractivity (Wildman–Crippen MR) is 52.2 cm³/mol. The molecule has 0 radical (unpaired) electrons. The largest absolute Gasteiger partial charge is 0.475 e. The number of carboxylic acids is 1. The number of carboxylic acid groups (broad SMARTS) is 1. The van der Waals surface area contributed by atoms with Crippen LogP contribution in [0.15, 0.2) is 16.5 Å². The number of hydrogen-bond acceptors (Lipinski definition) is 3. The molecule has 1 aromatic rings. The predicted octanol–water partition coefficient (Wildman–Crippen LogP) is 1.80. The minimum absolute atomic E-state index is 0.111. The van der Waals surface area contributed by atoms with Crippen LogP contribution in [-0.2, 0) is 0 Å². The Labute approximate surface area is 81.9 Å². The first-order chi connectivity index (χ1) is 6.44. The topological polar surface area (TPSA) is 62.5 Å². The Kier molecular flexibility index (Phi) is 2.52. The van der Waals surface area contributed by atoms with Crippen LogP contribution in [0.1, 0.15) is 24.4 Å². The Morgan fingerprint density at radius 3 is 2.71 bits per heavy atom. The molecule has 74 valence electrons. The Morgan fingerprint density at radius 2 is 2.29 bits per heavy atom. The molecule has 14 heavy (non-hydrogen) atoms. The van der Waals surface area contributed by atoms with Crippen molar-refractivity contribution in [3.63, 3.8) is 0 Å². The van der Waals surface area contributed by atoms with Gasteiger partial charge in [0.05, 0.1) is 5.54 Å². The minimum Gasteiger partial charge on any atom is -0.475 e. The number of aromatic carboxylic acids is 1. The first kappa shape index (κ1) is 10.2. The van der Waals surface area contributed by atoms with Crippen molar-refractivity contribution >= 4 is 11.9 Å². The monoisotopic (exact) mass is 193 g/mol. The number of nitrogens with one attached hydrogen (secondary N) is 1.